The molecule has 0 fully saturated rings. The van der Waals surface area contributed by atoms with Crippen LogP contribution in [0.1, 0.15) is 61.9 Å². The molecular weight excluding hydrogens is 466 g/mol. The molecule has 0 saturated heterocycles. The van der Waals surface area contributed by atoms with Crippen LogP contribution in [0.3, 0.4) is 0 Å². The van der Waals surface area contributed by atoms with Crippen LogP contribution in [0.25, 0.3) is 0 Å². The van der Waals surface area contributed by atoms with Crippen LogP contribution in [0.4, 0.5) is 0 Å². The summed E-state index contributed by atoms with van der Waals surface area (Å²) in [5.41, 5.74) is 1.05. The van der Waals surface area contributed by atoms with Crippen LogP contribution in [-0.4, -0.2) is 54.5 Å². The third-order valence-electron chi connectivity index (χ3n) is 6.08. The summed E-state index contributed by atoms with van der Waals surface area (Å²) in [5, 5.41) is 2.92. The van der Waals surface area contributed by atoms with Crippen molar-refractivity contribution in [2.45, 2.75) is 63.4 Å². The number of fused-ring (bicyclic) bond motifs is 1. The van der Waals surface area contributed by atoms with Crippen molar-refractivity contribution in [3.8, 4) is 0 Å². The van der Waals surface area contributed by atoms with Crippen LogP contribution in [0.5, 0.6) is 0 Å². The summed E-state index contributed by atoms with van der Waals surface area (Å²) in [5.74, 6) is -1.03. The van der Waals surface area contributed by atoms with Gasteiger partial charge in [0.15, 0.2) is 0 Å². The molecule has 0 aromatic heterocycles. The van der Waals surface area contributed by atoms with Gasteiger partial charge in [0.1, 0.15) is 10.9 Å². The van der Waals surface area contributed by atoms with E-state index in [0.717, 1.165) is 22.7 Å². The lowest BCUT2D eigenvalue weighted by molar-refractivity contribution is -0.141. The van der Waals surface area contributed by atoms with Crippen LogP contribution in [0, 0.1) is 0 Å². The van der Waals surface area contributed by atoms with Crippen molar-refractivity contribution in [3.63, 3.8) is 0 Å². The van der Waals surface area contributed by atoms with Gasteiger partial charge in [0, 0.05) is 26.1 Å². The Hall–Kier alpha value is -3.20. The number of amides is 3. The molecule has 2 aromatic carbocycles. The summed E-state index contributed by atoms with van der Waals surface area (Å²) >= 11 is 0. The van der Waals surface area contributed by atoms with Crippen molar-refractivity contribution in [1.82, 2.24) is 14.5 Å². The molecule has 0 spiro atoms. The second-order valence-corrected chi connectivity index (χ2v) is 10.4. The van der Waals surface area contributed by atoms with Crippen molar-refractivity contribution in [3.05, 3.63) is 65.7 Å². The highest BCUT2D eigenvalue weighted by Crippen LogP contribution is 2.30. The standard InChI is InChI=1S/C26H33N3O5S/c1-3-5-17-27-25(31)22(4-2)28(19-20-12-7-6-8-13-20)24(30)16-11-18-29-26(32)21-14-9-10-15-23(21)35(29,33)34/h6-10,12-15,22H,3-5,11,16-19H2,1-2H3,(H,27,31)/t22-/m0/s1. The largest absolute Gasteiger partial charge is 0.354 e. The third-order valence-corrected chi connectivity index (χ3v) is 7.92. The summed E-state index contributed by atoms with van der Waals surface area (Å²) in [6.45, 7) is 4.63. The van der Waals surface area contributed by atoms with E-state index >= 15 is 0 Å². The molecule has 0 aliphatic carbocycles. The monoisotopic (exact) mass is 499 g/mol. The lowest BCUT2D eigenvalue weighted by Crippen LogP contribution is -2.49. The van der Waals surface area contributed by atoms with Gasteiger partial charge in [-0.2, -0.15) is 0 Å². The molecule has 35 heavy (non-hydrogen) atoms. The first-order chi connectivity index (χ1) is 16.8. The molecule has 8 nitrogen and oxygen atoms in total. The van der Waals surface area contributed by atoms with Crippen LogP contribution >= 0.6 is 0 Å². The van der Waals surface area contributed by atoms with Crippen molar-refractivity contribution >= 4 is 27.7 Å². The van der Waals surface area contributed by atoms with E-state index in [-0.39, 0.29) is 48.2 Å². The number of hydrogen-bond donors (Lipinski definition) is 1. The molecule has 9 heteroatoms. The van der Waals surface area contributed by atoms with E-state index in [1.165, 1.54) is 12.1 Å². The van der Waals surface area contributed by atoms with Crippen molar-refractivity contribution in [2.75, 3.05) is 13.1 Å². The van der Waals surface area contributed by atoms with Crippen molar-refractivity contribution < 1.29 is 22.8 Å². The molecule has 0 radical (unpaired) electrons. The van der Waals surface area contributed by atoms with Gasteiger partial charge in [-0.15, -0.1) is 0 Å². The fraction of sp³-hybridized carbons (Fsp3) is 0.423. The van der Waals surface area contributed by atoms with Crippen LogP contribution in [0.2, 0.25) is 0 Å². The molecule has 1 atom stereocenters. The highest BCUT2D eigenvalue weighted by Gasteiger charge is 2.40. The van der Waals surface area contributed by atoms with Gasteiger partial charge in [0.05, 0.1) is 5.56 Å². The summed E-state index contributed by atoms with van der Waals surface area (Å²) in [4.78, 5) is 40.4. The molecule has 0 saturated carbocycles. The Morgan fingerprint density at radius 1 is 1.00 bits per heavy atom. The van der Waals surface area contributed by atoms with Gasteiger partial charge in [-0.1, -0.05) is 62.7 Å². The Morgan fingerprint density at radius 3 is 2.34 bits per heavy atom. The van der Waals surface area contributed by atoms with E-state index in [1.54, 1.807) is 17.0 Å². The van der Waals surface area contributed by atoms with Crippen molar-refractivity contribution in [1.29, 1.82) is 0 Å². The smallest absolute Gasteiger partial charge is 0.269 e. The van der Waals surface area contributed by atoms with Gasteiger partial charge < -0.3 is 10.2 Å². The van der Waals surface area contributed by atoms with Gasteiger partial charge in [-0.05, 0) is 37.0 Å². The summed E-state index contributed by atoms with van der Waals surface area (Å²) in [7, 11) is -3.91. The molecular formula is C26H33N3O5S. The first kappa shape index (κ1) is 26.4. The lowest BCUT2D eigenvalue weighted by atomic mass is 10.1. The minimum Gasteiger partial charge on any atom is -0.354 e. The Labute approximate surface area is 207 Å². The summed E-state index contributed by atoms with van der Waals surface area (Å²) in [6, 6.07) is 14.9. The first-order valence-electron chi connectivity index (χ1n) is 12.1. The molecule has 3 amide bonds. The van der Waals surface area contributed by atoms with Gasteiger partial charge in [0.25, 0.3) is 15.9 Å². The number of nitrogens with one attached hydrogen (secondary N) is 1. The minimum atomic E-state index is -3.91. The summed E-state index contributed by atoms with van der Waals surface area (Å²) in [6.07, 6.45) is 2.43. The number of rotatable bonds is 12. The quantitative estimate of drug-likeness (QED) is 0.451. The van der Waals surface area contributed by atoms with E-state index in [1.807, 2.05) is 44.2 Å². The average Bonchev–Trinajstić information content (AvgIpc) is 3.05. The molecule has 3 rings (SSSR count). The van der Waals surface area contributed by atoms with E-state index in [0.29, 0.717) is 13.0 Å². The Kier molecular flexibility index (Phi) is 9.03. The SMILES string of the molecule is CCCCNC(=O)[C@H](CC)N(Cc1ccccc1)C(=O)CCCN1C(=O)c2ccccc2S1(=O)=O. The van der Waals surface area contributed by atoms with Crippen molar-refractivity contribution in [2.24, 2.45) is 0 Å². The normalized spacial score (nSPS) is 14.9. The first-order valence-corrected chi connectivity index (χ1v) is 13.5. The lowest BCUT2D eigenvalue weighted by Gasteiger charge is -2.31. The molecule has 188 valence electrons. The number of carbonyl (C=O) groups is 3. The van der Waals surface area contributed by atoms with E-state index in [2.05, 4.69) is 5.32 Å². The zero-order valence-electron chi connectivity index (χ0n) is 20.3. The maximum Gasteiger partial charge on any atom is 0.269 e. The minimum absolute atomic E-state index is 0.00294. The number of carbonyl (C=O) groups excluding carboxylic acids is 3. The third kappa shape index (κ3) is 6.08. The Morgan fingerprint density at radius 2 is 1.69 bits per heavy atom. The molecule has 0 bridgehead atoms. The second-order valence-electron chi connectivity index (χ2n) is 8.56. The topological polar surface area (TPSA) is 104 Å². The van der Waals surface area contributed by atoms with E-state index in [9.17, 15) is 22.8 Å². The number of nitrogens with zero attached hydrogens (tertiary/aromatic N) is 2. The molecule has 1 N–H and O–H groups in total. The predicted molar refractivity (Wildman–Crippen MR) is 133 cm³/mol. The Balaban J connectivity index is 1.70. The number of sulfonamides is 1. The maximum atomic E-state index is 13.3. The van der Waals surface area contributed by atoms with E-state index < -0.39 is 22.0 Å². The predicted octanol–water partition coefficient (Wildman–Crippen LogP) is 3.34. The van der Waals surface area contributed by atoms with Crippen LogP contribution < -0.4 is 5.32 Å². The molecule has 2 aromatic rings. The highest BCUT2D eigenvalue weighted by molar-refractivity contribution is 7.90. The molecule has 0 unspecified atom stereocenters. The van der Waals surface area contributed by atoms with Crippen LogP contribution in [-0.2, 0) is 26.2 Å². The van der Waals surface area contributed by atoms with Crippen LogP contribution in [0.15, 0.2) is 59.5 Å². The Bertz CT molecular complexity index is 1150. The fourth-order valence-corrected chi connectivity index (χ4v) is 5.78. The maximum absolute atomic E-state index is 13.3. The zero-order chi connectivity index (χ0) is 25.4. The van der Waals surface area contributed by atoms with Gasteiger partial charge in [-0.3, -0.25) is 14.4 Å². The number of unbranched alkanes of at least 4 members (excludes halogenated alkanes) is 1. The van der Waals surface area contributed by atoms with Gasteiger partial charge in [-0.25, -0.2) is 12.7 Å². The highest BCUT2D eigenvalue weighted by atomic mass is 32.2. The zero-order valence-corrected chi connectivity index (χ0v) is 21.1. The fourth-order valence-electron chi connectivity index (χ4n) is 4.18. The average molecular weight is 500 g/mol. The molecule has 1 aliphatic rings. The molecule has 1 aliphatic heterocycles. The van der Waals surface area contributed by atoms with E-state index in [4.69, 9.17) is 0 Å². The second kappa shape index (κ2) is 12.0. The molecule has 1 heterocycles. The number of hydrogen-bond acceptors (Lipinski definition) is 5. The summed E-state index contributed by atoms with van der Waals surface area (Å²) < 4.78 is 26.4. The van der Waals surface area contributed by atoms with Gasteiger partial charge in [0.2, 0.25) is 11.8 Å². The van der Waals surface area contributed by atoms with Gasteiger partial charge >= 0.3 is 0 Å². The number of benzene rings is 2.